The van der Waals surface area contributed by atoms with E-state index in [1.165, 1.54) is 0 Å². The number of unbranched alkanes of at least 4 members (excludes halogenated alkanes) is 1. The molecule has 2 atom stereocenters. The molecule has 26 heavy (non-hydrogen) atoms. The standard InChI is InChI=1S/C20H29N3O3/c1-4-5-8-26-19-14(2)9-15(11-21)10-17(19)20(24)23-12-16-6-7-22-13-18(16)25-3/h9-10,16,18,22H,4-8,12-13H2,1-3H3,(H,23,24)/t16-,18+/m0/s1. The molecule has 142 valence electrons. The van der Waals surface area contributed by atoms with E-state index < -0.39 is 0 Å². The summed E-state index contributed by atoms with van der Waals surface area (Å²) in [4.78, 5) is 12.8. The van der Waals surface area contributed by atoms with Crippen LogP contribution in [-0.4, -0.2) is 45.4 Å². The third-order valence-corrected chi connectivity index (χ3v) is 4.78. The highest BCUT2D eigenvalue weighted by atomic mass is 16.5. The van der Waals surface area contributed by atoms with Crippen LogP contribution in [0, 0.1) is 24.2 Å². The summed E-state index contributed by atoms with van der Waals surface area (Å²) in [5.74, 6) is 0.642. The van der Waals surface area contributed by atoms with Crippen LogP contribution in [0.15, 0.2) is 12.1 Å². The number of piperidine rings is 1. The van der Waals surface area contributed by atoms with Crippen molar-refractivity contribution in [2.45, 2.75) is 39.2 Å². The highest BCUT2D eigenvalue weighted by molar-refractivity contribution is 5.97. The molecule has 6 nitrogen and oxygen atoms in total. The molecule has 1 aromatic rings. The normalized spacial score (nSPS) is 19.6. The zero-order valence-electron chi connectivity index (χ0n) is 15.9. The second kappa shape index (κ2) is 10.1. The number of hydrogen-bond donors (Lipinski definition) is 2. The van der Waals surface area contributed by atoms with Crippen LogP contribution in [0.1, 0.15) is 47.7 Å². The molecule has 0 radical (unpaired) electrons. The number of nitrogens with zero attached hydrogens (tertiary/aromatic N) is 1. The van der Waals surface area contributed by atoms with Gasteiger partial charge in [-0.3, -0.25) is 4.79 Å². The van der Waals surface area contributed by atoms with Gasteiger partial charge in [-0.2, -0.15) is 5.26 Å². The molecule has 0 saturated carbocycles. The number of carbonyl (C=O) groups is 1. The van der Waals surface area contributed by atoms with Crippen molar-refractivity contribution in [3.63, 3.8) is 0 Å². The molecule has 2 N–H and O–H groups in total. The van der Waals surface area contributed by atoms with Crippen LogP contribution < -0.4 is 15.4 Å². The van der Waals surface area contributed by atoms with Gasteiger partial charge in [0.1, 0.15) is 5.75 Å². The second-order valence-corrected chi connectivity index (χ2v) is 6.72. The van der Waals surface area contributed by atoms with Crippen molar-refractivity contribution < 1.29 is 14.3 Å². The number of methoxy groups -OCH3 is 1. The molecule has 0 bridgehead atoms. The van der Waals surface area contributed by atoms with Crippen molar-refractivity contribution >= 4 is 5.91 Å². The molecule has 0 spiro atoms. The molecule has 1 saturated heterocycles. The third kappa shape index (κ3) is 5.20. The Hall–Kier alpha value is -2.10. The van der Waals surface area contributed by atoms with Crippen LogP contribution in [0.25, 0.3) is 0 Å². The van der Waals surface area contributed by atoms with E-state index in [0.29, 0.717) is 30.0 Å². The SMILES string of the molecule is CCCCOc1c(C)cc(C#N)cc1C(=O)NC[C@@H]1CCNC[C@H]1OC. The van der Waals surface area contributed by atoms with Crippen LogP contribution in [0.3, 0.4) is 0 Å². The van der Waals surface area contributed by atoms with Crippen LogP contribution in [0.4, 0.5) is 0 Å². The topological polar surface area (TPSA) is 83.4 Å². The Bertz CT molecular complexity index is 654. The minimum Gasteiger partial charge on any atom is -0.492 e. The van der Waals surface area contributed by atoms with Crippen molar-refractivity contribution in [3.8, 4) is 11.8 Å². The zero-order chi connectivity index (χ0) is 18.9. The van der Waals surface area contributed by atoms with Crippen molar-refractivity contribution in [1.29, 1.82) is 5.26 Å². The summed E-state index contributed by atoms with van der Waals surface area (Å²) in [6, 6.07) is 5.48. The molecule has 2 rings (SSSR count). The highest BCUT2D eigenvalue weighted by Crippen LogP contribution is 2.26. The Balaban J connectivity index is 2.12. The zero-order valence-corrected chi connectivity index (χ0v) is 15.9. The first-order valence-electron chi connectivity index (χ1n) is 9.30. The largest absolute Gasteiger partial charge is 0.492 e. The van der Waals surface area contributed by atoms with Crippen molar-refractivity contribution in [1.82, 2.24) is 10.6 Å². The molecule has 1 fully saturated rings. The predicted molar refractivity (Wildman–Crippen MR) is 100 cm³/mol. The lowest BCUT2D eigenvalue weighted by Gasteiger charge is -2.31. The quantitative estimate of drug-likeness (QED) is 0.697. The first kappa shape index (κ1) is 20.2. The average Bonchev–Trinajstić information content (AvgIpc) is 2.67. The maximum Gasteiger partial charge on any atom is 0.255 e. The summed E-state index contributed by atoms with van der Waals surface area (Å²) in [6.07, 6.45) is 2.99. The van der Waals surface area contributed by atoms with Gasteiger partial charge in [-0.15, -0.1) is 0 Å². The first-order valence-corrected chi connectivity index (χ1v) is 9.30. The molecular formula is C20H29N3O3. The molecule has 1 aliphatic heterocycles. The maximum atomic E-state index is 12.8. The summed E-state index contributed by atoms with van der Waals surface area (Å²) < 4.78 is 11.4. The number of aryl methyl sites for hydroxylation is 1. The van der Waals surface area contributed by atoms with Gasteiger partial charge in [-0.25, -0.2) is 0 Å². The smallest absolute Gasteiger partial charge is 0.255 e. The lowest BCUT2D eigenvalue weighted by atomic mass is 9.94. The molecule has 1 heterocycles. The van der Waals surface area contributed by atoms with Crippen molar-refractivity contribution in [2.75, 3.05) is 33.4 Å². The van der Waals surface area contributed by atoms with E-state index in [1.807, 2.05) is 6.92 Å². The van der Waals surface area contributed by atoms with Gasteiger partial charge in [0.05, 0.1) is 29.9 Å². The van der Waals surface area contributed by atoms with E-state index in [1.54, 1.807) is 19.2 Å². The van der Waals surface area contributed by atoms with Gasteiger partial charge in [0.2, 0.25) is 0 Å². The van der Waals surface area contributed by atoms with E-state index >= 15 is 0 Å². The molecular weight excluding hydrogens is 330 g/mol. The summed E-state index contributed by atoms with van der Waals surface area (Å²) in [6.45, 7) is 6.79. The fraction of sp³-hybridized carbons (Fsp3) is 0.600. The van der Waals surface area contributed by atoms with Crippen LogP contribution >= 0.6 is 0 Å². The molecule has 1 amide bonds. The Morgan fingerprint density at radius 2 is 2.27 bits per heavy atom. The Kier molecular flexibility index (Phi) is 7.89. The number of carbonyl (C=O) groups excluding carboxylic acids is 1. The first-order chi connectivity index (χ1) is 12.6. The van der Waals surface area contributed by atoms with Gasteiger partial charge < -0.3 is 20.1 Å². The van der Waals surface area contributed by atoms with Crippen molar-refractivity contribution in [2.24, 2.45) is 5.92 Å². The van der Waals surface area contributed by atoms with E-state index in [0.717, 1.165) is 37.9 Å². The van der Waals surface area contributed by atoms with E-state index in [4.69, 9.17) is 9.47 Å². The number of benzene rings is 1. The van der Waals surface area contributed by atoms with Gasteiger partial charge in [-0.05, 0) is 44.0 Å². The fourth-order valence-corrected chi connectivity index (χ4v) is 3.23. The molecule has 1 aliphatic rings. The molecule has 0 aliphatic carbocycles. The Morgan fingerprint density at radius 1 is 1.46 bits per heavy atom. The Labute approximate surface area is 155 Å². The summed E-state index contributed by atoms with van der Waals surface area (Å²) >= 11 is 0. The number of ether oxygens (including phenoxy) is 2. The molecule has 1 aromatic carbocycles. The number of amides is 1. The monoisotopic (exact) mass is 359 g/mol. The van der Waals surface area contributed by atoms with Crippen LogP contribution in [-0.2, 0) is 4.74 Å². The van der Waals surface area contributed by atoms with Crippen LogP contribution in [0.2, 0.25) is 0 Å². The van der Waals surface area contributed by atoms with E-state index in [9.17, 15) is 10.1 Å². The maximum absolute atomic E-state index is 12.8. The second-order valence-electron chi connectivity index (χ2n) is 6.72. The summed E-state index contributed by atoms with van der Waals surface area (Å²) in [7, 11) is 1.70. The predicted octanol–water partition coefficient (Wildman–Crippen LogP) is 2.40. The number of nitrogens with one attached hydrogen (secondary N) is 2. The van der Waals surface area contributed by atoms with E-state index in [2.05, 4.69) is 23.6 Å². The third-order valence-electron chi connectivity index (χ3n) is 4.78. The van der Waals surface area contributed by atoms with Crippen molar-refractivity contribution in [3.05, 3.63) is 28.8 Å². The van der Waals surface area contributed by atoms with Gasteiger partial charge in [-0.1, -0.05) is 13.3 Å². The van der Waals surface area contributed by atoms with Gasteiger partial charge in [0.25, 0.3) is 5.91 Å². The highest BCUT2D eigenvalue weighted by Gasteiger charge is 2.26. The minimum absolute atomic E-state index is 0.0940. The van der Waals surface area contributed by atoms with Gasteiger partial charge in [0, 0.05) is 26.1 Å². The fourth-order valence-electron chi connectivity index (χ4n) is 3.23. The molecule has 0 aromatic heterocycles. The Morgan fingerprint density at radius 3 is 2.96 bits per heavy atom. The minimum atomic E-state index is -0.204. The summed E-state index contributed by atoms with van der Waals surface area (Å²) in [5, 5.41) is 15.5. The van der Waals surface area contributed by atoms with E-state index in [-0.39, 0.29) is 17.9 Å². The molecule has 0 unspecified atom stereocenters. The van der Waals surface area contributed by atoms with Gasteiger partial charge in [0.15, 0.2) is 0 Å². The average molecular weight is 359 g/mol. The number of nitriles is 1. The lowest BCUT2D eigenvalue weighted by molar-refractivity contribution is 0.0338. The number of rotatable bonds is 8. The van der Waals surface area contributed by atoms with Crippen LogP contribution in [0.5, 0.6) is 5.75 Å². The lowest BCUT2D eigenvalue weighted by Crippen LogP contribution is -2.46. The molecule has 6 heteroatoms. The van der Waals surface area contributed by atoms with Gasteiger partial charge >= 0.3 is 0 Å². The number of hydrogen-bond acceptors (Lipinski definition) is 5. The summed E-state index contributed by atoms with van der Waals surface area (Å²) in [5.41, 5.74) is 1.70.